The summed E-state index contributed by atoms with van der Waals surface area (Å²) < 4.78 is 37.8. The quantitative estimate of drug-likeness (QED) is 0.524. The van der Waals surface area contributed by atoms with Crippen LogP contribution in [0.15, 0.2) is 35.3 Å². The molecule has 9 nitrogen and oxygen atoms in total. The highest BCUT2D eigenvalue weighted by Crippen LogP contribution is 2.35. The molecular formula is C21H25F2N3O6. The van der Waals surface area contributed by atoms with Crippen molar-refractivity contribution >= 4 is 11.7 Å². The summed E-state index contributed by atoms with van der Waals surface area (Å²) in [5, 5.41) is 21.2. The number of amides is 1. The highest BCUT2D eigenvalue weighted by Gasteiger charge is 2.30. The van der Waals surface area contributed by atoms with E-state index in [2.05, 4.69) is 10.3 Å². The lowest BCUT2D eigenvalue weighted by molar-refractivity contribution is -0.133. The number of rotatable bonds is 9. The number of anilines is 1. The molecule has 1 aromatic carbocycles. The smallest absolute Gasteiger partial charge is 0.351 e. The molecular weight excluding hydrogens is 428 g/mol. The number of halogens is 2. The minimum Gasteiger partial charge on any atom is -0.487 e. The molecule has 1 amide bonds. The molecule has 0 aliphatic carbocycles. The molecule has 3 N–H and O–H groups in total. The lowest BCUT2D eigenvalue weighted by atomic mass is 10.0. The standard InChI is InChI=1S/C21H25F2N3O6/c1-21(2)8-13-4-3-12(7-15(13)32-21)19(29)24-17-5-6-26(20(30)25-17)18(10-23)31-16(11-27)14(28)9-22/h3-7,14,16,18,27-28H,8-11H2,1-2H3,(H,24,25,29,30)/t14-,16?,18?/m1/s1. The number of nitrogens with zero attached hydrogens (tertiary/aromatic N) is 2. The Labute approximate surface area is 182 Å². The average molecular weight is 453 g/mol. The minimum absolute atomic E-state index is 0.0712. The van der Waals surface area contributed by atoms with E-state index in [1.807, 2.05) is 13.8 Å². The van der Waals surface area contributed by atoms with Crippen LogP contribution < -0.4 is 15.7 Å². The second-order valence-corrected chi connectivity index (χ2v) is 8.01. The number of aliphatic hydroxyl groups excluding tert-OH is 2. The summed E-state index contributed by atoms with van der Waals surface area (Å²) in [6, 6.07) is 6.31. The Morgan fingerprint density at radius 1 is 1.34 bits per heavy atom. The van der Waals surface area contributed by atoms with E-state index in [9.17, 15) is 28.6 Å². The van der Waals surface area contributed by atoms with Crippen LogP contribution in [0.25, 0.3) is 0 Å². The van der Waals surface area contributed by atoms with Crippen molar-refractivity contribution in [3.63, 3.8) is 0 Å². The molecule has 2 aromatic rings. The molecule has 2 unspecified atom stereocenters. The van der Waals surface area contributed by atoms with Crippen LogP contribution in [0.5, 0.6) is 5.75 Å². The molecule has 0 fully saturated rings. The minimum atomic E-state index is -1.68. The van der Waals surface area contributed by atoms with E-state index in [1.165, 1.54) is 6.07 Å². The predicted octanol–water partition coefficient (Wildman–Crippen LogP) is 1.39. The van der Waals surface area contributed by atoms with Gasteiger partial charge >= 0.3 is 5.69 Å². The highest BCUT2D eigenvalue weighted by atomic mass is 19.1. The van der Waals surface area contributed by atoms with E-state index in [4.69, 9.17) is 9.47 Å². The third-order valence-electron chi connectivity index (χ3n) is 4.94. The van der Waals surface area contributed by atoms with Gasteiger partial charge in [0.2, 0.25) is 0 Å². The average Bonchev–Trinajstić information content (AvgIpc) is 3.07. The Balaban J connectivity index is 1.72. The molecule has 0 bridgehead atoms. The van der Waals surface area contributed by atoms with Crippen LogP contribution in [-0.4, -0.2) is 63.4 Å². The van der Waals surface area contributed by atoms with Gasteiger partial charge in [-0.3, -0.25) is 9.36 Å². The maximum atomic E-state index is 13.4. The van der Waals surface area contributed by atoms with Gasteiger partial charge in [0.15, 0.2) is 6.23 Å². The molecule has 0 radical (unpaired) electrons. The number of carbonyl (C=O) groups is 1. The van der Waals surface area contributed by atoms with E-state index in [0.29, 0.717) is 11.3 Å². The molecule has 11 heteroatoms. The molecule has 3 atom stereocenters. The van der Waals surface area contributed by atoms with Crippen LogP contribution in [0.1, 0.15) is 36.0 Å². The molecule has 32 heavy (non-hydrogen) atoms. The lowest BCUT2D eigenvalue weighted by Crippen LogP contribution is -2.39. The number of benzene rings is 1. The Hall–Kier alpha value is -2.89. The zero-order valence-electron chi connectivity index (χ0n) is 17.6. The number of hydrogen-bond donors (Lipinski definition) is 3. The van der Waals surface area contributed by atoms with E-state index in [0.717, 1.165) is 22.7 Å². The van der Waals surface area contributed by atoms with Gasteiger partial charge < -0.3 is 25.0 Å². The summed E-state index contributed by atoms with van der Waals surface area (Å²) >= 11 is 0. The zero-order valence-corrected chi connectivity index (χ0v) is 17.6. The SMILES string of the molecule is CC1(C)Cc2ccc(C(=O)Nc3ccn(C(CF)OC(CO)[C@H](O)CF)c(=O)n3)cc2O1. The first-order chi connectivity index (χ1) is 15.2. The van der Waals surface area contributed by atoms with Crippen molar-refractivity contribution in [1.29, 1.82) is 0 Å². The van der Waals surface area contributed by atoms with Crippen LogP contribution in [0.4, 0.5) is 14.6 Å². The molecule has 1 aromatic heterocycles. The van der Waals surface area contributed by atoms with Crippen LogP contribution in [0, 0.1) is 0 Å². The van der Waals surface area contributed by atoms with Crippen molar-refractivity contribution < 1.29 is 33.3 Å². The summed E-state index contributed by atoms with van der Waals surface area (Å²) in [6.07, 6.45) is -2.80. The number of nitrogens with one attached hydrogen (secondary N) is 1. The van der Waals surface area contributed by atoms with Crippen molar-refractivity contribution in [2.45, 2.75) is 44.3 Å². The van der Waals surface area contributed by atoms with Gasteiger partial charge in [-0.05, 0) is 37.6 Å². The molecule has 0 saturated heterocycles. The molecule has 0 saturated carbocycles. The maximum absolute atomic E-state index is 13.4. The van der Waals surface area contributed by atoms with Crippen molar-refractivity contribution in [2.75, 3.05) is 25.3 Å². The number of aromatic nitrogens is 2. The molecule has 2 heterocycles. The molecule has 1 aliphatic rings. The molecule has 0 spiro atoms. The van der Waals surface area contributed by atoms with Crippen LogP contribution in [-0.2, 0) is 11.2 Å². The number of aliphatic hydroxyl groups is 2. The first-order valence-corrected chi connectivity index (χ1v) is 9.96. The number of ether oxygens (including phenoxy) is 2. The molecule has 1 aliphatic heterocycles. The van der Waals surface area contributed by atoms with E-state index >= 15 is 0 Å². The maximum Gasteiger partial charge on any atom is 0.351 e. The van der Waals surface area contributed by atoms with Gasteiger partial charge in [-0.2, -0.15) is 4.98 Å². The van der Waals surface area contributed by atoms with E-state index in [-0.39, 0.29) is 11.4 Å². The summed E-state index contributed by atoms with van der Waals surface area (Å²) in [5.74, 6) is 0.0245. The molecule has 174 valence electrons. The topological polar surface area (TPSA) is 123 Å². The fourth-order valence-electron chi connectivity index (χ4n) is 3.35. The van der Waals surface area contributed by atoms with Crippen molar-refractivity contribution in [3.8, 4) is 5.75 Å². The third-order valence-corrected chi connectivity index (χ3v) is 4.94. The van der Waals surface area contributed by atoms with Crippen LogP contribution in [0.3, 0.4) is 0 Å². The first kappa shape index (κ1) is 23.8. The normalized spacial score (nSPS) is 17.2. The fraction of sp³-hybridized carbons (Fsp3) is 0.476. The van der Waals surface area contributed by atoms with Gasteiger partial charge in [0.25, 0.3) is 5.91 Å². The van der Waals surface area contributed by atoms with Gasteiger partial charge in [-0.15, -0.1) is 0 Å². The van der Waals surface area contributed by atoms with Crippen LogP contribution in [0.2, 0.25) is 0 Å². The fourth-order valence-corrected chi connectivity index (χ4v) is 3.35. The summed E-state index contributed by atoms with van der Waals surface area (Å²) in [4.78, 5) is 28.6. The van der Waals surface area contributed by atoms with Gasteiger partial charge in [0.05, 0.1) is 6.61 Å². The van der Waals surface area contributed by atoms with E-state index < -0.39 is 50.0 Å². The van der Waals surface area contributed by atoms with Gasteiger partial charge in [-0.25, -0.2) is 13.6 Å². The first-order valence-electron chi connectivity index (χ1n) is 9.96. The summed E-state index contributed by atoms with van der Waals surface area (Å²) in [5.41, 5.74) is -0.00345. The monoisotopic (exact) mass is 453 g/mol. The van der Waals surface area contributed by atoms with Crippen molar-refractivity contribution in [1.82, 2.24) is 9.55 Å². The summed E-state index contributed by atoms with van der Waals surface area (Å²) in [7, 11) is 0. The van der Waals surface area contributed by atoms with Crippen LogP contribution >= 0.6 is 0 Å². The molecule has 3 rings (SSSR count). The second-order valence-electron chi connectivity index (χ2n) is 8.01. The Morgan fingerprint density at radius 2 is 2.09 bits per heavy atom. The number of carbonyl (C=O) groups excluding carboxylic acids is 1. The van der Waals surface area contributed by atoms with Crippen molar-refractivity contribution in [3.05, 3.63) is 52.1 Å². The summed E-state index contributed by atoms with van der Waals surface area (Å²) in [6.45, 7) is 0.698. The highest BCUT2D eigenvalue weighted by molar-refractivity contribution is 6.04. The van der Waals surface area contributed by atoms with E-state index in [1.54, 1.807) is 18.2 Å². The van der Waals surface area contributed by atoms with Gasteiger partial charge in [0, 0.05) is 18.2 Å². The number of fused-ring (bicyclic) bond motifs is 1. The van der Waals surface area contributed by atoms with Gasteiger partial charge in [-0.1, -0.05) is 6.07 Å². The predicted molar refractivity (Wildman–Crippen MR) is 110 cm³/mol. The third kappa shape index (κ3) is 5.29. The second kappa shape index (κ2) is 9.72. The Morgan fingerprint density at radius 3 is 2.72 bits per heavy atom. The Kier molecular flexibility index (Phi) is 7.22. The number of hydrogen-bond acceptors (Lipinski definition) is 7. The lowest BCUT2D eigenvalue weighted by Gasteiger charge is -2.25. The van der Waals surface area contributed by atoms with Crippen molar-refractivity contribution in [2.24, 2.45) is 0 Å². The largest absolute Gasteiger partial charge is 0.487 e. The number of alkyl halides is 2. The van der Waals surface area contributed by atoms with Gasteiger partial charge in [0.1, 0.15) is 42.7 Å². The Bertz CT molecular complexity index is 1030. The zero-order chi connectivity index (χ0) is 23.5.